The first kappa shape index (κ1) is 16.6. The SMILES string of the molecule is Cc1ccc(Nc2nc3nonc3nc2Nc2ccc(Cl)c(Cl)c2)cc1. The number of aromatic nitrogens is 4. The third-order valence-corrected chi connectivity index (χ3v) is 4.35. The van der Waals surface area contributed by atoms with E-state index in [1.165, 1.54) is 0 Å². The fraction of sp³-hybridized carbons (Fsp3) is 0.0588. The van der Waals surface area contributed by atoms with Crippen LogP contribution in [0.3, 0.4) is 0 Å². The molecule has 9 heteroatoms. The summed E-state index contributed by atoms with van der Waals surface area (Å²) in [6.07, 6.45) is 0. The topological polar surface area (TPSA) is 88.8 Å². The van der Waals surface area contributed by atoms with Crippen molar-refractivity contribution in [2.75, 3.05) is 10.6 Å². The first-order chi connectivity index (χ1) is 12.6. The highest BCUT2D eigenvalue weighted by Crippen LogP contribution is 2.30. The Morgan fingerprint density at radius 3 is 1.96 bits per heavy atom. The van der Waals surface area contributed by atoms with Crippen LogP contribution in [0, 0.1) is 6.92 Å². The maximum absolute atomic E-state index is 6.08. The maximum atomic E-state index is 6.08. The van der Waals surface area contributed by atoms with Crippen LogP contribution in [0.25, 0.3) is 11.3 Å². The van der Waals surface area contributed by atoms with Gasteiger partial charge < -0.3 is 10.6 Å². The van der Waals surface area contributed by atoms with Crippen molar-refractivity contribution in [2.24, 2.45) is 0 Å². The maximum Gasteiger partial charge on any atom is 0.245 e. The molecular weight excluding hydrogens is 375 g/mol. The van der Waals surface area contributed by atoms with Crippen LogP contribution in [0.1, 0.15) is 5.56 Å². The second kappa shape index (κ2) is 6.78. The van der Waals surface area contributed by atoms with Gasteiger partial charge in [0.1, 0.15) is 0 Å². The lowest BCUT2D eigenvalue weighted by atomic mass is 10.2. The van der Waals surface area contributed by atoms with Crippen molar-refractivity contribution in [3.05, 3.63) is 58.1 Å². The lowest BCUT2D eigenvalue weighted by molar-refractivity contribution is 0.314. The Morgan fingerprint density at radius 1 is 0.769 bits per heavy atom. The zero-order chi connectivity index (χ0) is 18.1. The van der Waals surface area contributed by atoms with Crippen LogP contribution in [-0.4, -0.2) is 20.3 Å². The molecule has 0 atom stereocenters. The largest absolute Gasteiger partial charge is 0.337 e. The van der Waals surface area contributed by atoms with Crippen LogP contribution in [0.2, 0.25) is 10.0 Å². The molecule has 0 unspecified atom stereocenters. The van der Waals surface area contributed by atoms with E-state index in [0.717, 1.165) is 11.3 Å². The van der Waals surface area contributed by atoms with E-state index in [4.69, 9.17) is 27.8 Å². The molecule has 0 saturated carbocycles. The smallest absolute Gasteiger partial charge is 0.245 e. The van der Waals surface area contributed by atoms with Crippen LogP contribution in [0.4, 0.5) is 23.0 Å². The minimum atomic E-state index is 0.294. The van der Waals surface area contributed by atoms with Crippen molar-refractivity contribution in [3.8, 4) is 0 Å². The fourth-order valence-electron chi connectivity index (χ4n) is 2.30. The normalized spacial score (nSPS) is 10.9. The molecule has 0 aliphatic rings. The van der Waals surface area contributed by atoms with E-state index in [-0.39, 0.29) is 0 Å². The molecular formula is C17H12Cl2N6O. The van der Waals surface area contributed by atoms with Crippen molar-refractivity contribution in [1.82, 2.24) is 20.3 Å². The lowest BCUT2D eigenvalue weighted by Crippen LogP contribution is -2.03. The molecule has 0 saturated heterocycles. The summed E-state index contributed by atoms with van der Waals surface area (Å²) < 4.78 is 4.71. The van der Waals surface area contributed by atoms with Crippen molar-refractivity contribution in [2.45, 2.75) is 6.92 Å². The summed E-state index contributed by atoms with van der Waals surface area (Å²) >= 11 is 12.0. The van der Waals surface area contributed by atoms with Crippen LogP contribution in [-0.2, 0) is 0 Å². The van der Waals surface area contributed by atoms with Gasteiger partial charge in [-0.2, -0.15) is 0 Å². The summed E-state index contributed by atoms with van der Waals surface area (Å²) in [5.74, 6) is 0.926. The molecule has 2 aromatic carbocycles. The standard InChI is InChI=1S/C17H12Cl2N6O/c1-9-2-4-10(5-3-9)20-14-15(23-17-16(22-14)24-26-25-17)21-11-6-7-12(18)13(19)8-11/h2-8H,1H3,(H,20,22,24)(H,21,23,25). The highest BCUT2D eigenvalue weighted by Gasteiger charge is 2.14. The molecule has 0 bridgehead atoms. The number of rotatable bonds is 4. The van der Waals surface area contributed by atoms with Gasteiger partial charge in [-0.05, 0) is 47.6 Å². The van der Waals surface area contributed by atoms with Gasteiger partial charge in [0.15, 0.2) is 11.6 Å². The summed E-state index contributed by atoms with van der Waals surface area (Å²) in [4.78, 5) is 8.84. The fourth-order valence-corrected chi connectivity index (χ4v) is 2.59. The number of benzene rings is 2. The first-order valence-corrected chi connectivity index (χ1v) is 8.40. The van der Waals surface area contributed by atoms with Gasteiger partial charge in [-0.25, -0.2) is 14.6 Å². The third-order valence-electron chi connectivity index (χ3n) is 3.61. The highest BCUT2D eigenvalue weighted by atomic mass is 35.5. The molecule has 2 N–H and O–H groups in total. The second-order valence-corrected chi connectivity index (χ2v) is 6.39. The highest BCUT2D eigenvalue weighted by molar-refractivity contribution is 6.42. The van der Waals surface area contributed by atoms with E-state index in [1.54, 1.807) is 18.2 Å². The van der Waals surface area contributed by atoms with Crippen LogP contribution in [0.5, 0.6) is 0 Å². The average Bonchev–Trinajstić information content (AvgIpc) is 3.07. The molecule has 2 heterocycles. The third kappa shape index (κ3) is 3.40. The number of nitrogens with one attached hydrogen (secondary N) is 2. The Balaban J connectivity index is 1.73. The van der Waals surface area contributed by atoms with Gasteiger partial charge in [-0.3, -0.25) is 0 Å². The molecule has 4 aromatic rings. The minimum Gasteiger partial charge on any atom is -0.337 e. The summed E-state index contributed by atoms with van der Waals surface area (Å²) in [6, 6.07) is 13.1. The summed E-state index contributed by atoms with van der Waals surface area (Å²) in [6.45, 7) is 2.02. The molecule has 0 amide bonds. The number of hydrogen-bond donors (Lipinski definition) is 2. The molecule has 0 fully saturated rings. The molecule has 2 aromatic heterocycles. The molecule has 7 nitrogen and oxygen atoms in total. The minimum absolute atomic E-state index is 0.294. The van der Waals surface area contributed by atoms with Gasteiger partial charge in [-0.15, -0.1) is 0 Å². The van der Waals surface area contributed by atoms with Crippen LogP contribution >= 0.6 is 23.2 Å². The Hall–Kier alpha value is -2.90. The van der Waals surface area contributed by atoms with Gasteiger partial charge in [0.05, 0.1) is 10.0 Å². The number of halogens is 2. The predicted octanol–water partition coefficient (Wildman–Crippen LogP) is 5.12. The Kier molecular flexibility index (Phi) is 4.32. The monoisotopic (exact) mass is 386 g/mol. The number of nitrogens with zero attached hydrogens (tertiary/aromatic N) is 4. The van der Waals surface area contributed by atoms with E-state index in [0.29, 0.717) is 38.7 Å². The molecule has 0 aliphatic heterocycles. The zero-order valence-corrected chi connectivity index (χ0v) is 15.0. The predicted molar refractivity (Wildman–Crippen MR) is 102 cm³/mol. The van der Waals surface area contributed by atoms with Gasteiger partial charge in [0, 0.05) is 11.4 Å². The molecule has 130 valence electrons. The Bertz CT molecular complexity index is 1080. The number of aryl methyl sites for hydroxylation is 1. The van der Waals surface area contributed by atoms with Crippen LogP contribution < -0.4 is 10.6 Å². The average molecular weight is 387 g/mol. The Labute approximate surface area is 158 Å². The summed E-state index contributed by atoms with van der Waals surface area (Å²) in [7, 11) is 0. The molecule has 0 radical (unpaired) electrons. The van der Waals surface area contributed by atoms with E-state index in [9.17, 15) is 0 Å². The van der Waals surface area contributed by atoms with E-state index >= 15 is 0 Å². The van der Waals surface area contributed by atoms with Gasteiger partial charge in [-0.1, -0.05) is 40.9 Å². The summed E-state index contributed by atoms with van der Waals surface area (Å²) in [5.41, 5.74) is 3.32. The zero-order valence-electron chi connectivity index (χ0n) is 13.5. The van der Waals surface area contributed by atoms with Gasteiger partial charge in [0.2, 0.25) is 11.3 Å². The van der Waals surface area contributed by atoms with Crippen molar-refractivity contribution >= 4 is 57.5 Å². The number of anilines is 4. The van der Waals surface area contributed by atoms with Gasteiger partial charge >= 0.3 is 0 Å². The number of hydrogen-bond acceptors (Lipinski definition) is 7. The molecule has 4 rings (SSSR count). The van der Waals surface area contributed by atoms with E-state index < -0.39 is 0 Å². The van der Waals surface area contributed by atoms with Crippen molar-refractivity contribution < 1.29 is 4.63 Å². The molecule has 0 spiro atoms. The summed E-state index contributed by atoms with van der Waals surface area (Å²) in [5, 5.41) is 14.8. The quantitative estimate of drug-likeness (QED) is 0.503. The van der Waals surface area contributed by atoms with Gasteiger partial charge in [0.25, 0.3) is 0 Å². The second-order valence-electron chi connectivity index (χ2n) is 5.58. The van der Waals surface area contributed by atoms with Crippen molar-refractivity contribution in [3.63, 3.8) is 0 Å². The van der Waals surface area contributed by atoms with Crippen molar-refractivity contribution in [1.29, 1.82) is 0 Å². The lowest BCUT2D eigenvalue weighted by Gasteiger charge is -2.12. The van der Waals surface area contributed by atoms with E-state index in [2.05, 4.69) is 30.9 Å². The van der Waals surface area contributed by atoms with E-state index in [1.807, 2.05) is 31.2 Å². The molecule has 0 aliphatic carbocycles. The molecule has 26 heavy (non-hydrogen) atoms. The number of fused-ring (bicyclic) bond motifs is 1. The Morgan fingerprint density at radius 2 is 1.35 bits per heavy atom. The first-order valence-electron chi connectivity index (χ1n) is 7.64. The van der Waals surface area contributed by atoms with Crippen LogP contribution in [0.15, 0.2) is 47.1 Å².